The van der Waals surface area contributed by atoms with Crippen molar-refractivity contribution in [3.8, 4) is 11.5 Å². The Balaban J connectivity index is 1.86. The van der Waals surface area contributed by atoms with Gasteiger partial charge in [-0.05, 0) is 68.0 Å². The summed E-state index contributed by atoms with van der Waals surface area (Å²) >= 11 is 0. The van der Waals surface area contributed by atoms with Crippen molar-refractivity contribution in [2.75, 3.05) is 13.2 Å². The molecule has 2 rings (SSSR count). The largest absolute Gasteiger partial charge is 0.491 e. The molecular formula is C23H31NO3. The number of ether oxygens (including phenoxy) is 2. The van der Waals surface area contributed by atoms with Crippen molar-refractivity contribution in [2.45, 2.75) is 53.6 Å². The molecule has 0 aliphatic carbocycles. The molecule has 0 aromatic heterocycles. The van der Waals surface area contributed by atoms with Crippen molar-refractivity contribution in [1.29, 1.82) is 0 Å². The highest BCUT2D eigenvalue weighted by atomic mass is 16.5. The molecule has 2 aromatic carbocycles. The van der Waals surface area contributed by atoms with Gasteiger partial charge in [0, 0.05) is 0 Å². The molecule has 1 N–H and O–H groups in total. The van der Waals surface area contributed by atoms with Gasteiger partial charge >= 0.3 is 0 Å². The number of carbonyl (C=O) groups is 1. The zero-order chi connectivity index (χ0) is 20.0. The molecule has 0 aliphatic heterocycles. The third-order valence-electron chi connectivity index (χ3n) is 4.68. The lowest BCUT2D eigenvalue weighted by molar-refractivity contribution is -0.127. The number of aryl methyl sites for hydroxylation is 2. The Morgan fingerprint density at radius 3 is 2.48 bits per heavy atom. The minimum absolute atomic E-state index is 0.143. The van der Waals surface area contributed by atoms with Gasteiger partial charge in [0.15, 0.2) is 6.10 Å². The fourth-order valence-corrected chi connectivity index (χ4v) is 2.82. The molecule has 0 saturated carbocycles. The van der Waals surface area contributed by atoms with Gasteiger partial charge in [0.1, 0.15) is 18.1 Å². The van der Waals surface area contributed by atoms with E-state index in [-0.39, 0.29) is 5.91 Å². The monoisotopic (exact) mass is 369 g/mol. The van der Waals surface area contributed by atoms with Crippen LogP contribution in [-0.2, 0) is 4.79 Å². The molecule has 0 aliphatic rings. The average molecular weight is 370 g/mol. The first kappa shape index (κ1) is 20.8. The summed E-state index contributed by atoms with van der Waals surface area (Å²) < 4.78 is 11.7. The van der Waals surface area contributed by atoms with E-state index in [0.717, 1.165) is 28.2 Å². The summed E-state index contributed by atoms with van der Waals surface area (Å²) in [6.45, 7) is 13.0. The van der Waals surface area contributed by atoms with Crippen LogP contribution in [0.3, 0.4) is 0 Å². The summed E-state index contributed by atoms with van der Waals surface area (Å²) in [5.74, 6) is 1.83. The van der Waals surface area contributed by atoms with Crippen LogP contribution in [0.1, 0.15) is 48.9 Å². The molecule has 146 valence electrons. The second kappa shape index (κ2) is 9.45. The molecule has 27 heavy (non-hydrogen) atoms. The third kappa shape index (κ3) is 5.75. The minimum Gasteiger partial charge on any atom is -0.491 e. The van der Waals surface area contributed by atoms with Gasteiger partial charge in [0.05, 0.1) is 6.54 Å². The number of benzene rings is 2. The van der Waals surface area contributed by atoms with Crippen LogP contribution in [0.25, 0.3) is 0 Å². The van der Waals surface area contributed by atoms with Crippen LogP contribution in [0.2, 0.25) is 0 Å². The van der Waals surface area contributed by atoms with Gasteiger partial charge < -0.3 is 14.8 Å². The minimum atomic E-state index is -0.565. The second-order valence-electron chi connectivity index (χ2n) is 7.29. The number of carbonyl (C=O) groups excluding carboxylic acids is 1. The maximum Gasteiger partial charge on any atom is 0.260 e. The van der Waals surface area contributed by atoms with Gasteiger partial charge in [-0.3, -0.25) is 4.79 Å². The third-order valence-corrected chi connectivity index (χ3v) is 4.68. The van der Waals surface area contributed by atoms with Crippen molar-refractivity contribution >= 4 is 5.91 Å². The SMILES string of the molecule is Cc1ccc(C(C)C)c(O[C@H](C)C(=O)NCCOc2cccc(C)c2C)c1. The van der Waals surface area contributed by atoms with Crippen molar-refractivity contribution in [2.24, 2.45) is 0 Å². The number of hydrogen-bond donors (Lipinski definition) is 1. The highest BCUT2D eigenvalue weighted by molar-refractivity contribution is 5.80. The van der Waals surface area contributed by atoms with Gasteiger partial charge in [0.2, 0.25) is 0 Å². The Hall–Kier alpha value is -2.49. The topological polar surface area (TPSA) is 47.6 Å². The van der Waals surface area contributed by atoms with E-state index < -0.39 is 6.10 Å². The maximum absolute atomic E-state index is 12.4. The smallest absolute Gasteiger partial charge is 0.260 e. The van der Waals surface area contributed by atoms with Crippen LogP contribution in [0.15, 0.2) is 36.4 Å². The summed E-state index contributed by atoms with van der Waals surface area (Å²) in [5.41, 5.74) is 4.54. The first-order chi connectivity index (χ1) is 12.8. The molecule has 4 heteroatoms. The Morgan fingerprint density at radius 2 is 1.78 bits per heavy atom. The standard InChI is InChI=1S/C23H31NO3/c1-15(2)20-11-10-16(3)14-22(20)27-19(6)23(25)24-12-13-26-21-9-7-8-17(4)18(21)5/h7-11,14-15,19H,12-13H2,1-6H3,(H,24,25)/t19-/m1/s1. The van der Waals surface area contributed by atoms with E-state index in [9.17, 15) is 4.79 Å². The molecule has 0 bridgehead atoms. The van der Waals surface area contributed by atoms with Crippen molar-refractivity contribution in [1.82, 2.24) is 5.32 Å². The van der Waals surface area contributed by atoms with Crippen LogP contribution >= 0.6 is 0 Å². The van der Waals surface area contributed by atoms with Crippen LogP contribution in [0.4, 0.5) is 0 Å². The molecule has 0 heterocycles. The molecule has 2 aromatic rings. The van der Waals surface area contributed by atoms with E-state index in [2.05, 4.69) is 44.3 Å². The Kier molecular flexibility index (Phi) is 7.28. The molecule has 1 atom stereocenters. The lowest BCUT2D eigenvalue weighted by Gasteiger charge is -2.19. The quantitative estimate of drug-likeness (QED) is 0.686. The van der Waals surface area contributed by atoms with E-state index in [1.165, 1.54) is 5.56 Å². The lowest BCUT2D eigenvalue weighted by Crippen LogP contribution is -2.38. The van der Waals surface area contributed by atoms with E-state index in [0.29, 0.717) is 19.1 Å². The van der Waals surface area contributed by atoms with Crippen molar-refractivity contribution in [3.63, 3.8) is 0 Å². The number of amides is 1. The lowest BCUT2D eigenvalue weighted by atomic mass is 10.0. The Bertz CT molecular complexity index is 783. The van der Waals surface area contributed by atoms with Gasteiger partial charge in [-0.1, -0.05) is 38.1 Å². The van der Waals surface area contributed by atoms with Crippen molar-refractivity contribution < 1.29 is 14.3 Å². The fraction of sp³-hybridized carbons (Fsp3) is 0.435. The van der Waals surface area contributed by atoms with Gasteiger partial charge in [-0.15, -0.1) is 0 Å². The summed E-state index contributed by atoms with van der Waals surface area (Å²) in [7, 11) is 0. The van der Waals surface area contributed by atoms with Gasteiger partial charge in [0.25, 0.3) is 5.91 Å². The Labute approximate surface area is 162 Å². The molecule has 1 amide bonds. The number of nitrogens with one attached hydrogen (secondary N) is 1. The summed E-state index contributed by atoms with van der Waals surface area (Å²) in [4.78, 5) is 12.4. The molecule has 0 unspecified atom stereocenters. The normalized spacial score (nSPS) is 12.0. The zero-order valence-electron chi connectivity index (χ0n) is 17.3. The van der Waals surface area contributed by atoms with Crippen LogP contribution in [0.5, 0.6) is 11.5 Å². The average Bonchev–Trinajstić information content (AvgIpc) is 2.61. The Morgan fingerprint density at radius 1 is 1.04 bits per heavy atom. The predicted molar refractivity (Wildman–Crippen MR) is 110 cm³/mol. The first-order valence-electron chi connectivity index (χ1n) is 9.53. The van der Waals surface area contributed by atoms with Crippen LogP contribution in [0, 0.1) is 20.8 Å². The fourth-order valence-electron chi connectivity index (χ4n) is 2.82. The first-order valence-corrected chi connectivity index (χ1v) is 9.53. The van der Waals surface area contributed by atoms with Crippen LogP contribution in [-0.4, -0.2) is 25.2 Å². The summed E-state index contributed by atoms with van der Waals surface area (Å²) in [5, 5.41) is 2.88. The molecular weight excluding hydrogens is 338 g/mol. The summed E-state index contributed by atoms with van der Waals surface area (Å²) in [6, 6.07) is 12.1. The predicted octanol–water partition coefficient (Wildman–Crippen LogP) is 4.70. The summed E-state index contributed by atoms with van der Waals surface area (Å²) in [6.07, 6.45) is -0.565. The van der Waals surface area contributed by atoms with Crippen LogP contribution < -0.4 is 14.8 Å². The molecule has 0 spiro atoms. The molecule has 0 radical (unpaired) electrons. The maximum atomic E-state index is 12.4. The highest BCUT2D eigenvalue weighted by Gasteiger charge is 2.17. The highest BCUT2D eigenvalue weighted by Crippen LogP contribution is 2.28. The second-order valence-corrected chi connectivity index (χ2v) is 7.29. The number of rotatable bonds is 8. The number of hydrogen-bond acceptors (Lipinski definition) is 3. The zero-order valence-corrected chi connectivity index (χ0v) is 17.3. The van der Waals surface area contributed by atoms with E-state index in [4.69, 9.17) is 9.47 Å². The molecule has 0 fully saturated rings. The van der Waals surface area contributed by atoms with Crippen molar-refractivity contribution in [3.05, 3.63) is 58.7 Å². The van der Waals surface area contributed by atoms with E-state index in [1.54, 1.807) is 6.92 Å². The van der Waals surface area contributed by atoms with Gasteiger partial charge in [-0.2, -0.15) is 0 Å². The van der Waals surface area contributed by atoms with Gasteiger partial charge in [-0.25, -0.2) is 0 Å². The molecule has 0 saturated heterocycles. The molecule has 4 nitrogen and oxygen atoms in total. The van der Waals surface area contributed by atoms with E-state index in [1.807, 2.05) is 32.0 Å². The van der Waals surface area contributed by atoms with E-state index >= 15 is 0 Å².